The molecule has 2 atom stereocenters. The molecule has 1 saturated heterocycles. The van der Waals surface area contributed by atoms with Gasteiger partial charge in [-0.3, -0.25) is 4.90 Å². The molecule has 1 heterocycles. The SMILES string of the molecule is CN(CC1CNCCO1)C1CCC(C)(C)c2ccccc21. The lowest BCUT2D eigenvalue weighted by atomic mass is 9.70. The Balaban J connectivity index is 1.76. The van der Waals surface area contributed by atoms with Gasteiger partial charge in [-0.2, -0.15) is 0 Å². The summed E-state index contributed by atoms with van der Waals surface area (Å²) in [7, 11) is 2.25. The van der Waals surface area contributed by atoms with Crippen LogP contribution in [0.3, 0.4) is 0 Å². The van der Waals surface area contributed by atoms with E-state index in [1.54, 1.807) is 0 Å². The number of benzene rings is 1. The van der Waals surface area contributed by atoms with Crippen molar-refractivity contribution in [3.8, 4) is 0 Å². The lowest BCUT2D eigenvalue weighted by Gasteiger charge is -2.42. The Morgan fingerprint density at radius 2 is 2.14 bits per heavy atom. The van der Waals surface area contributed by atoms with E-state index in [2.05, 4.69) is 55.4 Å². The van der Waals surface area contributed by atoms with E-state index < -0.39 is 0 Å². The molecule has 0 spiro atoms. The van der Waals surface area contributed by atoms with Crippen LogP contribution in [-0.4, -0.2) is 44.3 Å². The molecule has 1 aliphatic carbocycles. The highest BCUT2D eigenvalue weighted by atomic mass is 16.5. The van der Waals surface area contributed by atoms with E-state index in [4.69, 9.17) is 4.74 Å². The second-order valence-electron chi connectivity index (χ2n) is 7.16. The summed E-state index contributed by atoms with van der Waals surface area (Å²) in [4.78, 5) is 2.49. The molecule has 0 amide bonds. The maximum atomic E-state index is 5.86. The van der Waals surface area contributed by atoms with Crippen molar-refractivity contribution in [1.82, 2.24) is 10.2 Å². The predicted octanol–water partition coefficient (Wildman–Crippen LogP) is 2.72. The smallest absolute Gasteiger partial charge is 0.0826 e. The Labute approximate surface area is 128 Å². The van der Waals surface area contributed by atoms with Crippen molar-refractivity contribution in [2.75, 3.05) is 33.3 Å². The minimum atomic E-state index is 0.302. The van der Waals surface area contributed by atoms with Gasteiger partial charge in [0.1, 0.15) is 0 Å². The van der Waals surface area contributed by atoms with Crippen molar-refractivity contribution < 1.29 is 4.74 Å². The summed E-state index contributed by atoms with van der Waals surface area (Å²) in [6, 6.07) is 9.52. The summed E-state index contributed by atoms with van der Waals surface area (Å²) in [6.45, 7) is 8.55. The summed E-state index contributed by atoms with van der Waals surface area (Å²) in [5.74, 6) is 0. The Hall–Kier alpha value is -0.900. The molecule has 21 heavy (non-hydrogen) atoms. The zero-order valence-electron chi connectivity index (χ0n) is 13.6. The van der Waals surface area contributed by atoms with Crippen molar-refractivity contribution in [3.05, 3.63) is 35.4 Å². The molecule has 2 unspecified atom stereocenters. The van der Waals surface area contributed by atoms with Gasteiger partial charge >= 0.3 is 0 Å². The molecule has 1 aliphatic heterocycles. The fraction of sp³-hybridized carbons (Fsp3) is 0.667. The Bertz CT molecular complexity index is 480. The number of hydrogen-bond donors (Lipinski definition) is 1. The molecule has 0 radical (unpaired) electrons. The van der Waals surface area contributed by atoms with Gasteiger partial charge in [-0.15, -0.1) is 0 Å². The van der Waals surface area contributed by atoms with E-state index in [9.17, 15) is 0 Å². The first-order valence-corrected chi connectivity index (χ1v) is 8.20. The van der Waals surface area contributed by atoms with Crippen molar-refractivity contribution >= 4 is 0 Å². The number of ether oxygens (including phenoxy) is 1. The number of rotatable bonds is 3. The van der Waals surface area contributed by atoms with E-state index >= 15 is 0 Å². The molecule has 1 fully saturated rings. The van der Waals surface area contributed by atoms with E-state index in [1.165, 1.54) is 24.0 Å². The van der Waals surface area contributed by atoms with Gasteiger partial charge in [0.25, 0.3) is 0 Å². The summed E-state index contributed by atoms with van der Waals surface area (Å²) in [5, 5.41) is 3.42. The van der Waals surface area contributed by atoms with Crippen LogP contribution in [0.5, 0.6) is 0 Å². The van der Waals surface area contributed by atoms with E-state index in [1.807, 2.05) is 0 Å². The van der Waals surface area contributed by atoms with Crippen LogP contribution >= 0.6 is 0 Å². The molecular weight excluding hydrogens is 260 g/mol. The fourth-order valence-corrected chi connectivity index (χ4v) is 3.83. The normalized spacial score (nSPS) is 28.4. The average Bonchev–Trinajstić information content (AvgIpc) is 2.48. The molecule has 1 aromatic carbocycles. The van der Waals surface area contributed by atoms with Crippen LogP contribution in [0.15, 0.2) is 24.3 Å². The van der Waals surface area contributed by atoms with Gasteiger partial charge < -0.3 is 10.1 Å². The van der Waals surface area contributed by atoms with E-state index in [0.29, 0.717) is 17.6 Å². The second-order valence-corrected chi connectivity index (χ2v) is 7.16. The summed E-state index contributed by atoms with van der Waals surface area (Å²) >= 11 is 0. The monoisotopic (exact) mass is 288 g/mol. The van der Waals surface area contributed by atoms with Crippen LogP contribution in [0.1, 0.15) is 43.9 Å². The molecule has 3 nitrogen and oxygen atoms in total. The second kappa shape index (κ2) is 6.07. The first-order valence-electron chi connectivity index (χ1n) is 8.20. The number of fused-ring (bicyclic) bond motifs is 1. The fourth-order valence-electron chi connectivity index (χ4n) is 3.83. The Kier molecular flexibility index (Phi) is 4.34. The Morgan fingerprint density at radius 1 is 1.33 bits per heavy atom. The number of nitrogens with zero attached hydrogens (tertiary/aromatic N) is 1. The summed E-state index contributed by atoms with van der Waals surface area (Å²) in [5.41, 5.74) is 3.34. The van der Waals surface area contributed by atoms with Crippen molar-refractivity contribution in [2.45, 2.75) is 44.2 Å². The third-order valence-electron chi connectivity index (χ3n) is 5.12. The minimum absolute atomic E-state index is 0.302. The van der Waals surface area contributed by atoms with Gasteiger partial charge in [-0.1, -0.05) is 38.1 Å². The maximum Gasteiger partial charge on any atom is 0.0826 e. The molecule has 1 aromatic rings. The summed E-state index contributed by atoms with van der Waals surface area (Å²) < 4.78 is 5.86. The quantitative estimate of drug-likeness (QED) is 0.925. The van der Waals surface area contributed by atoms with Crippen LogP contribution in [0.2, 0.25) is 0 Å². The highest BCUT2D eigenvalue weighted by molar-refractivity contribution is 5.38. The minimum Gasteiger partial charge on any atom is -0.374 e. The molecule has 0 aromatic heterocycles. The van der Waals surface area contributed by atoms with Gasteiger partial charge in [0.15, 0.2) is 0 Å². The third-order valence-corrected chi connectivity index (χ3v) is 5.12. The lowest BCUT2D eigenvalue weighted by molar-refractivity contribution is 0.000411. The van der Waals surface area contributed by atoms with Crippen molar-refractivity contribution in [3.63, 3.8) is 0 Å². The molecule has 2 aliphatic rings. The van der Waals surface area contributed by atoms with Gasteiger partial charge in [-0.05, 0) is 36.4 Å². The topological polar surface area (TPSA) is 24.5 Å². The number of morpholine rings is 1. The summed E-state index contributed by atoms with van der Waals surface area (Å²) in [6.07, 6.45) is 2.81. The van der Waals surface area contributed by atoms with Crippen molar-refractivity contribution in [2.24, 2.45) is 0 Å². The first kappa shape index (κ1) is 15.0. The highest BCUT2D eigenvalue weighted by Crippen LogP contribution is 2.43. The van der Waals surface area contributed by atoms with E-state index in [-0.39, 0.29) is 0 Å². The standard InChI is InChI=1S/C18H28N2O/c1-18(2)9-8-17(15-6-4-5-7-16(15)18)20(3)13-14-12-19-10-11-21-14/h4-7,14,17,19H,8-13H2,1-3H3. The first-order chi connectivity index (χ1) is 10.1. The Morgan fingerprint density at radius 3 is 2.90 bits per heavy atom. The van der Waals surface area contributed by atoms with Gasteiger partial charge in [0.2, 0.25) is 0 Å². The zero-order chi connectivity index (χ0) is 14.9. The maximum absolute atomic E-state index is 5.86. The highest BCUT2D eigenvalue weighted by Gasteiger charge is 2.34. The van der Waals surface area contributed by atoms with Crippen LogP contribution in [0.25, 0.3) is 0 Å². The molecular formula is C18H28N2O. The number of nitrogens with one attached hydrogen (secondary N) is 1. The molecule has 3 heteroatoms. The van der Waals surface area contributed by atoms with Crippen molar-refractivity contribution in [1.29, 1.82) is 0 Å². The van der Waals surface area contributed by atoms with Crippen LogP contribution in [0.4, 0.5) is 0 Å². The molecule has 116 valence electrons. The lowest BCUT2D eigenvalue weighted by Crippen LogP contribution is -2.46. The van der Waals surface area contributed by atoms with Crippen LogP contribution < -0.4 is 5.32 Å². The predicted molar refractivity (Wildman–Crippen MR) is 86.7 cm³/mol. The van der Waals surface area contributed by atoms with Crippen LogP contribution in [-0.2, 0) is 10.2 Å². The van der Waals surface area contributed by atoms with E-state index in [0.717, 1.165) is 26.2 Å². The average molecular weight is 288 g/mol. The molecule has 0 saturated carbocycles. The van der Waals surface area contributed by atoms with Gasteiger partial charge in [-0.25, -0.2) is 0 Å². The van der Waals surface area contributed by atoms with Gasteiger partial charge in [0.05, 0.1) is 12.7 Å². The number of hydrogen-bond acceptors (Lipinski definition) is 3. The third kappa shape index (κ3) is 3.15. The molecule has 3 rings (SSSR count). The molecule has 1 N–H and O–H groups in total. The number of likely N-dealkylation sites (N-methyl/N-ethyl adjacent to an activating group) is 1. The molecule has 0 bridgehead atoms. The van der Waals surface area contributed by atoms with Crippen LogP contribution in [0, 0.1) is 0 Å². The zero-order valence-corrected chi connectivity index (χ0v) is 13.6. The largest absolute Gasteiger partial charge is 0.374 e. The van der Waals surface area contributed by atoms with Gasteiger partial charge in [0, 0.05) is 25.7 Å².